The Balaban J connectivity index is 1.09. The Hall–Kier alpha value is -7.75. The van der Waals surface area contributed by atoms with Crippen molar-refractivity contribution in [3.05, 3.63) is 218 Å². The molecule has 0 saturated heterocycles. The summed E-state index contributed by atoms with van der Waals surface area (Å²) < 4.78 is 0. The van der Waals surface area contributed by atoms with Gasteiger partial charge in [-0.1, -0.05) is 194 Å². The van der Waals surface area contributed by atoms with E-state index in [9.17, 15) is 0 Å². The SMILES string of the molecule is C1=CC(c2cccc(-c3nc(-c4cccc(-c5ccccc5)c4)nc(-c4ccccc4-c4ccccc4-c4ccc5c6ccccc6c6ccccc6c5c4)n3)c2)=CCC1. The fraction of sp³-hybridized carbons (Fsp3) is 0.0351. The van der Waals surface area contributed by atoms with Gasteiger partial charge in [0.05, 0.1) is 0 Å². The molecule has 0 atom stereocenters. The molecule has 0 radical (unpaired) electrons. The van der Waals surface area contributed by atoms with Crippen LogP contribution < -0.4 is 0 Å². The zero-order valence-corrected chi connectivity index (χ0v) is 33.0. The topological polar surface area (TPSA) is 38.7 Å². The molecule has 9 aromatic carbocycles. The van der Waals surface area contributed by atoms with E-state index in [0.29, 0.717) is 17.5 Å². The Labute approximate surface area is 349 Å². The van der Waals surface area contributed by atoms with Crippen molar-refractivity contribution in [2.75, 3.05) is 0 Å². The predicted molar refractivity (Wildman–Crippen MR) is 251 cm³/mol. The van der Waals surface area contributed by atoms with Crippen LogP contribution in [0.2, 0.25) is 0 Å². The molecule has 0 bridgehead atoms. The van der Waals surface area contributed by atoms with Gasteiger partial charge in [0.15, 0.2) is 17.5 Å². The lowest BCUT2D eigenvalue weighted by Crippen LogP contribution is -2.02. The van der Waals surface area contributed by atoms with Crippen LogP contribution in [0.4, 0.5) is 0 Å². The fourth-order valence-corrected chi connectivity index (χ4v) is 8.85. The van der Waals surface area contributed by atoms with Crippen LogP contribution in [0.1, 0.15) is 18.4 Å². The van der Waals surface area contributed by atoms with Crippen molar-refractivity contribution >= 4 is 37.9 Å². The first-order valence-electron chi connectivity index (χ1n) is 20.7. The molecule has 1 aromatic heterocycles. The predicted octanol–water partition coefficient (Wildman–Crippen LogP) is 15.1. The zero-order valence-electron chi connectivity index (χ0n) is 33.0. The summed E-state index contributed by atoms with van der Waals surface area (Å²) in [6.45, 7) is 0. The maximum atomic E-state index is 5.30. The number of hydrogen-bond acceptors (Lipinski definition) is 3. The second-order valence-corrected chi connectivity index (χ2v) is 15.4. The molecule has 11 rings (SSSR count). The van der Waals surface area contributed by atoms with E-state index >= 15 is 0 Å². The summed E-state index contributed by atoms with van der Waals surface area (Å²) in [6, 6.07) is 69.2. The maximum Gasteiger partial charge on any atom is 0.164 e. The molecule has 282 valence electrons. The smallest absolute Gasteiger partial charge is 0.164 e. The Bertz CT molecular complexity index is 3290. The highest BCUT2D eigenvalue weighted by molar-refractivity contribution is 6.25. The molecule has 1 heterocycles. The van der Waals surface area contributed by atoms with Crippen molar-refractivity contribution in [3.8, 4) is 67.5 Å². The molecule has 0 saturated carbocycles. The molecule has 10 aromatic rings. The summed E-state index contributed by atoms with van der Waals surface area (Å²) in [4.78, 5) is 15.8. The van der Waals surface area contributed by atoms with E-state index in [4.69, 9.17) is 15.0 Å². The lowest BCUT2D eigenvalue weighted by molar-refractivity contribution is 1.04. The summed E-state index contributed by atoms with van der Waals surface area (Å²) in [5.41, 5.74) is 12.0. The first kappa shape index (κ1) is 35.4. The third-order valence-corrected chi connectivity index (χ3v) is 11.8. The monoisotopic (exact) mass is 765 g/mol. The molecule has 0 fully saturated rings. The molecule has 0 spiro atoms. The van der Waals surface area contributed by atoms with E-state index in [1.807, 2.05) is 6.07 Å². The van der Waals surface area contributed by atoms with Gasteiger partial charge in [-0.3, -0.25) is 0 Å². The number of hydrogen-bond donors (Lipinski definition) is 0. The Morgan fingerprint density at radius 1 is 0.283 bits per heavy atom. The standard InChI is InChI=1S/C57H39N3/c1-3-17-38(18-4-1)40-21-15-23-43(35-40)55-58-56(44-24-16-22-41(36-44)39-19-5-2-6-20-39)60-57(59-55)53-32-14-13-30-50(53)46-26-8-7-25-45(46)42-33-34-52-49-29-10-9-27-47(49)48-28-11-12-31-51(48)54(52)37-42/h1,3-5,7-37H,2,6H2. The van der Waals surface area contributed by atoms with Gasteiger partial charge in [0.1, 0.15) is 0 Å². The van der Waals surface area contributed by atoms with Crippen molar-refractivity contribution in [3.63, 3.8) is 0 Å². The normalized spacial score (nSPS) is 12.6. The van der Waals surface area contributed by atoms with Gasteiger partial charge < -0.3 is 0 Å². The van der Waals surface area contributed by atoms with Crippen LogP contribution >= 0.6 is 0 Å². The van der Waals surface area contributed by atoms with Gasteiger partial charge in [-0.25, -0.2) is 15.0 Å². The molecule has 0 unspecified atom stereocenters. The summed E-state index contributed by atoms with van der Waals surface area (Å²) >= 11 is 0. The number of nitrogens with zero attached hydrogens (tertiary/aromatic N) is 3. The third kappa shape index (κ3) is 6.47. The highest BCUT2D eigenvalue weighted by atomic mass is 15.0. The molecular weight excluding hydrogens is 727 g/mol. The average molecular weight is 766 g/mol. The van der Waals surface area contributed by atoms with E-state index in [0.717, 1.165) is 68.5 Å². The molecule has 3 heteroatoms. The molecule has 0 amide bonds. The molecule has 3 nitrogen and oxygen atoms in total. The summed E-state index contributed by atoms with van der Waals surface area (Å²) in [5.74, 6) is 1.90. The Kier molecular flexibility index (Phi) is 8.98. The van der Waals surface area contributed by atoms with Crippen LogP contribution in [-0.4, -0.2) is 15.0 Å². The highest BCUT2D eigenvalue weighted by Gasteiger charge is 2.19. The van der Waals surface area contributed by atoms with Crippen molar-refractivity contribution < 1.29 is 0 Å². The van der Waals surface area contributed by atoms with Crippen molar-refractivity contribution in [2.45, 2.75) is 12.8 Å². The fourth-order valence-electron chi connectivity index (χ4n) is 8.85. The van der Waals surface area contributed by atoms with Crippen molar-refractivity contribution in [2.24, 2.45) is 0 Å². The molecule has 0 aliphatic heterocycles. The van der Waals surface area contributed by atoms with Gasteiger partial charge in [-0.15, -0.1) is 0 Å². The summed E-state index contributed by atoms with van der Waals surface area (Å²) in [5, 5.41) is 7.57. The number of rotatable bonds is 7. The van der Waals surface area contributed by atoms with Crippen LogP contribution in [0.15, 0.2) is 212 Å². The minimum Gasteiger partial charge on any atom is -0.208 e. The molecule has 0 N–H and O–H groups in total. The van der Waals surface area contributed by atoms with Gasteiger partial charge >= 0.3 is 0 Å². The van der Waals surface area contributed by atoms with Crippen LogP contribution in [0, 0.1) is 0 Å². The quantitative estimate of drug-likeness (QED) is 0.152. The van der Waals surface area contributed by atoms with Crippen LogP contribution in [0.3, 0.4) is 0 Å². The van der Waals surface area contributed by atoms with Crippen molar-refractivity contribution in [1.82, 2.24) is 15.0 Å². The minimum atomic E-state index is 0.628. The first-order valence-corrected chi connectivity index (χ1v) is 20.7. The van der Waals surface area contributed by atoms with E-state index < -0.39 is 0 Å². The lowest BCUT2D eigenvalue weighted by Gasteiger charge is -2.16. The average Bonchev–Trinajstić information content (AvgIpc) is 3.34. The second-order valence-electron chi connectivity index (χ2n) is 15.4. The van der Waals surface area contributed by atoms with Gasteiger partial charge in [0.2, 0.25) is 0 Å². The molecule has 1 aliphatic carbocycles. The Morgan fingerprint density at radius 2 is 0.767 bits per heavy atom. The maximum absolute atomic E-state index is 5.30. The number of allylic oxidation sites excluding steroid dienone is 4. The van der Waals surface area contributed by atoms with Crippen LogP contribution in [0.25, 0.3) is 105 Å². The lowest BCUT2D eigenvalue weighted by atomic mass is 9.88. The van der Waals surface area contributed by atoms with E-state index in [1.165, 1.54) is 37.9 Å². The molecular formula is C57H39N3. The first-order chi connectivity index (χ1) is 29.7. The number of fused-ring (bicyclic) bond motifs is 6. The molecule has 1 aliphatic rings. The zero-order chi connectivity index (χ0) is 39.8. The highest BCUT2D eigenvalue weighted by Crippen LogP contribution is 2.42. The van der Waals surface area contributed by atoms with E-state index in [-0.39, 0.29) is 0 Å². The second kappa shape index (κ2) is 15.2. The van der Waals surface area contributed by atoms with Crippen LogP contribution in [0.5, 0.6) is 0 Å². The molecule has 60 heavy (non-hydrogen) atoms. The van der Waals surface area contributed by atoms with Gasteiger partial charge in [0, 0.05) is 16.7 Å². The Morgan fingerprint density at radius 3 is 1.42 bits per heavy atom. The third-order valence-electron chi connectivity index (χ3n) is 11.8. The van der Waals surface area contributed by atoms with Gasteiger partial charge in [-0.2, -0.15) is 0 Å². The van der Waals surface area contributed by atoms with Crippen LogP contribution in [-0.2, 0) is 0 Å². The van der Waals surface area contributed by atoms with Gasteiger partial charge in [-0.05, 0) is 108 Å². The van der Waals surface area contributed by atoms with E-state index in [2.05, 4.69) is 206 Å². The van der Waals surface area contributed by atoms with Crippen molar-refractivity contribution in [1.29, 1.82) is 0 Å². The minimum absolute atomic E-state index is 0.628. The number of aromatic nitrogens is 3. The summed E-state index contributed by atoms with van der Waals surface area (Å²) in [7, 11) is 0. The van der Waals surface area contributed by atoms with E-state index in [1.54, 1.807) is 0 Å². The number of benzene rings is 9. The summed E-state index contributed by atoms with van der Waals surface area (Å²) in [6.07, 6.45) is 8.89. The van der Waals surface area contributed by atoms with Gasteiger partial charge in [0.25, 0.3) is 0 Å². The largest absolute Gasteiger partial charge is 0.208 e.